The van der Waals surface area contributed by atoms with Crippen molar-refractivity contribution < 1.29 is 14.0 Å². The number of nitrogens with zero attached hydrogens (tertiary/aromatic N) is 3. The van der Waals surface area contributed by atoms with Crippen LogP contribution in [0.2, 0.25) is 5.02 Å². The first-order valence-corrected chi connectivity index (χ1v) is 12.5. The zero-order valence-electron chi connectivity index (χ0n) is 20.0. The van der Waals surface area contributed by atoms with E-state index in [1.54, 1.807) is 18.2 Å². The SMILES string of the molecule is Cl.Cl.O=C(Nc1ccc(Cl)cn1)c1cc2cccc(N(C(=O)C3CCCCC3)N3CCCCC3)c2o1. The van der Waals surface area contributed by atoms with Gasteiger partial charge in [0.15, 0.2) is 11.3 Å². The van der Waals surface area contributed by atoms with Crippen molar-refractivity contribution in [2.24, 2.45) is 5.92 Å². The van der Waals surface area contributed by atoms with Crippen LogP contribution in [0.4, 0.5) is 11.5 Å². The van der Waals surface area contributed by atoms with E-state index in [1.807, 2.05) is 23.2 Å². The highest BCUT2D eigenvalue weighted by atomic mass is 35.5. The second kappa shape index (κ2) is 12.8. The summed E-state index contributed by atoms with van der Waals surface area (Å²) in [6.45, 7) is 1.68. The molecule has 5 rings (SSSR count). The van der Waals surface area contributed by atoms with Crippen molar-refractivity contribution in [2.45, 2.75) is 51.4 Å². The van der Waals surface area contributed by atoms with Crippen molar-refractivity contribution in [3.05, 3.63) is 53.4 Å². The van der Waals surface area contributed by atoms with Gasteiger partial charge in [0, 0.05) is 30.6 Å². The monoisotopic (exact) mass is 552 g/mol. The summed E-state index contributed by atoms with van der Waals surface area (Å²) in [5.74, 6) is 0.321. The predicted octanol–water partition coefficient (Wildman–Crippen LogP) is 6.89. The number of benzene rings is 1. The van der Waals surface area contributed by atoms with Crippen molar-refractivity contribution in [2.75, 3.05) is 23.4 Å². The van der Waals surface area contributed by atoms with E-state index < -0.39 is 5.91 Å². The van der Waals surface area contributed by atoms with E-state index in [2.05, 4.69) is 15.3 Å². The summed E-state index contributed by atoms with van der Waals surface area (Å²) < 4.78 is 6.08. The normalized spacial score (nSPS) is 16.6. The Labute approximate surface area is 228 Å². The van der Waals surface area contributed by atoms with Crippen LogP contribution in [-0.2, 0) is 4.79 Å². The number of fused-ring (bicyclic) bond motifs is 1. The summed E-state index contributed by atoms with van der Waals surface area (Å²) in [5.41, 5.74) is 1.25. The van der Waals surface area contributed by atoms with Gasteiger partial charge in [-0.15, -0.1) is 24.8 Å². The maximum absolute atomic E-state index is 13.8. The van der Waals surface area contributed by atoms with Crippen molar-refractivity contribution in [3.63, 3.8) is 0 Å². The second-order valence-corrected chi connectivity index (χ2v) is 9.56. The molecule has 2 fully saturated rings. The average Bonchev–Trinajstić information content (AvgIpc) is 3.32. The van der Waals surface area contributed by atoms with Crippen LogP contribution in [0.5, 0.6) is 0 Å². The van der Waals surface area contributed by atoms with Gasteiger partial charge in [-0.3, -0.25) is 9.59 Å². The molecule has 2 aliphatic rings. The summed E-state index contributed by atoms with van der Waals surface area (Å²) in [6.07, 6.45) is 10.0. The molecule has 3 aromatic rings. The van der Waals surface area contributed by atoms with E-state index in [0.717, 1.165) is 57.0 Å². The molecular formula is C26H31Cl3N4O3. The van der Waals surface area contributed by atoms with Gasteiger partial charge in [0.25, 0.3) is 5.91 Å². The molecule has 0 bridgehead atoms. The summed E-state index contributed by atoms with van der Waals surface area (Å²) in [6, 6.07) is 10.7. The molecule has 0 atom stereocenters. The molecule has 1 aromatic carbocycles. The number of pyridine rings is 1. The number of aromatic nitrogens is 1. The third-order valence-corrected chi connectivity index (χ3v) is 6.95. The zero-order chi connectivity index (χ0) is 23.5. The van der Waals surface area contributed by atoms with Gasteiger partial charge in [-0.05, 0) is 49.9 Å². The summed E-state index contributed by atoms with van der Waals surface area (Å²) in [5, 5.41) is 8.03. The first kappa shape index (κ1) is 28.3. The minimum atomic E-state index is -0.403. The Bertz CT molecular complexity index is 1170. The molecule has 1 aliphatic carbocycles. The van der Waals surface area contributed by atoms with Gasteiger partial charge < -0.3 is 9.73 Å². The molecule has 2 aromatic heterocycles. The number of amides is 2. The fourth-order valence-electron chi connectivity index (χ4n) is 4.96. The maximum Gasteiger partial charge on any atom is 0.292 e. The van der Waals surface area contributed by atoms with Crippen molar-refractivity contribution in [1.29, 1.82) is 0 Å². The average molecular weight is 554 g/mol. The molecule has 0 unspecified atom stereocenters. The predicted molar refractivity (Wildman–Crippen MR) is 147 cm³/mol. The number of rotatable bonds is 5. The minimum absolute atomic E-state index is 0. The van der Waals surface area contributed by atoms with Crippen molar-refractivity contribution >= 4 is 70.7 Å². The number of piperidine rings is 1. The van der Waals surface area contributed by atoms with Crippen LogP contribution in [0.25, 0.3) is 11.0 Å². The Morgan fingerprint density at radius 1 is 1.00 bits per heavy atom. The van der Waals surface area contributed by atoms with Crippen molar-refractivity contribution in [1.82, 2.24) is 9.99 Å². The molecule has 2 amide bonds. The number of hydrogen-bond acceptors (Lipinski definition) is 5. The van der Waals surface area contributed by atoms with Crippen LogP contribution < -0.4 is 10.3 Å². The molecule has 10 heteroatoms. The maximum atomic E-state index is 13.8. The van der Waals surface area contributed by atoms with Gasteiger partial charge >= 0.3 is 0 Å². The largest absolute Gasteiger partial charge is 0.449 e. The first-order valence-electron chi connectivity index (χ1n) is 12.1. The molecule has 1 N–H and O–H groups in total. The van der Waals surface area contributed by atoms with Gasteiger partial charge in [0.2, 0.25) is 5.91 Å². The number of anilines is 2. The van der Waals surface area contributed by atoms with E-state index in [-0.39, 0.29) is 42.4 Å². The highest BCUT2D eigenvalue weighted by molar-refractivity contribution is 6.30. The number of carbonyl (C=O) groups is 2. The zero-order valence-corrected chi connectivity index (χ0v) is 22.3. The number of hydrogen-bond donors (Lipinski definition) is 1. The lowest BCUT2D eigenvalue weighted by molar-refractivity contribution is -0.126. The molecule has 36 heavy (non-hydrogen) atoms. The van der Waals surface area contributed by atoms with Gasteiger partial charge in [0.1, 0.15) is 11.5 Å². The summed E-state index contributed by atoms with van der Waals surface area (Å²) in [4.78, 5) is 30.8. The quantitative estimate of drug-likeness (QED) is 0.372. The fourth-order valence-corrected chi connectivity index (χ4v) is 5.08. The highest BCUT2D eigenvalue weighted by Gasteiger charge is 2.33. The van der Waals surface area contributed by atoms with Crippen LogP contribution in [0.1, 0.15) is 61.9 Å². The molecule has 194 valence electrons. The minimum Gasteiger partial charge on any atom is -0.449 e. The van der Waals surface area contributed by atoms with Crippen LogP contribution in [0.3, 0.4) is 0 Å². The summed E-state index contributed by atoms with van der Waals surface area (Å²) in [7, 11) is 0. The number of halogens is 3. The lowest BCUT2D eigenvalue weighted by Gasteiger charge is -2.39. The third kappa shape index (κ3) is 6.14. The lowest BCUT2D eigenvalue weighted by Crippen LogP contribution is -2.51. The van der Waals surface area contributed by atoms with Gasteiger partial charge in [-0.2, -0.15) is 0 Å². The van der Waals surface area contributed by atoms with Gasteiger partial charge in [-0.25, -0.2) is 15.0 Å². The number of hydrazine groups is 1. The second-order valence-electron chi connectivity index (χ2n) is 9.12. The highest BCUT2D eigenvalue weighted by Crippen LogP contribution is 2.35. The van der Waals surface area contributed by atoms with Crippen molar-refractivity contribution in [3.8, 4) is 0 Å². The molecule has 1 saturated carbocycles. The third-order valence-electron chi connectivity index (χ3n) is 6.72. The lowest BCUT2D eigenvalue weighted by atomic mass is 9.88. The molecule has 7 nitrogen and oxygen atoms in total. The molecule has 0 spiro atoms. The Hall–Kier alpha value is -2.32. The van der Waals surface area contributed by atoms with E-state index in [1.165, 1.54) is 19.0 Å². The van der Waals surface area contributed by atoms with Crippen LogP contribution in [0.15, 0.2) is 47.0 Å². The molecule has 3 heterocycles. The Morgan fingerprint density at radius 2 is 1.72 bits per heavy atom. The van der Waals surface area contributed by atoms with Crippen LogP contribution in [-0.4, -0.2) is 34.9 Å². The van der Waals surface area contributed by atoms with Gasteiger partial charge in [0.05, 0.1) is 5.02 Å². The molecule has 0 radical (unpaired) electrons. The van der Waals surface area contributed by atoms with Crippen LogP contribution >= 0.6 is 36.4 Å². The number of carbonyl (C=O) groups excluding carboxylic acids is 2. The van der Waals surface area contributed by atoms with E-state index in [0.29, 0.717) is 22.1 Å². The number of furan rings is 1. The molecular weight excluding hydrogens is 523 g/mol. The van der Waals surface area contributed by atoms with Gasteiger partial charge in [-0.1, -0.05) is 49.4 Å². The Kier molecular flexibility index (Phi) is 10.0. The number of nitrogens with one attached hydrogen (secondary N) is 1. The van der Waals surface area contributed by atoms with E-state index in [4.69, 9.17) is 16.0 Å². The Morgan fingerprint density at radius 3 is 2.42 bits per heavy atom. The smallest absolute Gasteiger partial charge is 0.292 e. The van der Waals surface area contributed by atoms with Crippen LogP contribution in [0, 0.1) is 5.92 Å². The standard InChI is InChI=1S/C26H29ClN4O3.2ClH/c27-20-12-13-23(28-17-20)29-25(32)22-16-19-10-7-11-21(24(19)34-22)31(30-14-5-2-6-15-30)26(33)18-8-3-1-4-9-18;;/h7,10-13,16-18H,1-6,8-9,14-15H2,(H,28,29,32);2*1H. The topological polar surface area (TPSA) is 78.7 Å². The van der Waals surface area contributed by atoms with E-state index >= 15 is 0 Å². The first-order chi connectivity index (χ1) is 16.6. The molecule has 1 aliphatic heterocycles. The molecule has 1 saturated heterocycles. The summed E-state index contributed by atoms with van der Waals surface area (Å²) >= 11 is 5.88. The fraction of sp³-hybridized carbons (Fsp3) is 0.423. The van der Waals surface area contributed by atoms with E-state index in [9.17, 15) is 9.59 Å². The number of para-hydroxylation sites is 1. The Balaban J connectivity index is 0.00000180.